The highest BCUT2D eigenvalue weighted by atomic mass is 15.2. The van der Waals surface area contributed by atoms with Crippen molar-refractivity contribution in [3.8, 4) is 56.6 Å². The zero-order valence-corrected chi connectivity index (χ0v) is 41.7. The van der Waals surface area contributed by atoms with E-state index in [2.05, 4.69) is 256 Å². The number of nitriles is 2. The van der Waals surface area contributed by atoms with E-state index in [4.69, 9.17) is 0 Å². The third-order valence-corrected chi connectivity index (χ3v) is 14.7. The van der Waals surface area contributed by atoms with Crippen molar-refractivity contribution in [2.45, 2.75) is 27.7 Å². The molecule has 4 nitrogen and oxygen atoms in total. The van der Waals surface area contributed by atoms with Crippen molar-refractivity contribution in [3.05, 3.63) is 264 Å². The molecule has 0 heterocycles. The molecule has 4 heteroatoms. The Morgan fingerprint density at radius 1 is 0.297 bits per heavy atom. The van der Waals surface area contributed by atoms with Crippen molar-refractivity contribution in [3.63, 3.8) is 0 Å². The van der Waals surface area contributed by atoms with Crippen LogP contribution in [0.1, 0.15) is 33.4 Å². The largest absolute Gasteiger partial charge is 0.309 e. The molecule has 0 saturated carbocycles. The maximum Gasteiger partial charge on any atom is 0.0991 e. The van der Waals surface area contributed by atoms with Gasteiger partial charge in [-0.05, 0) is 189 Å². The van der Waals surface area contributed by atoms with Gasteiger partial charge in [0.2, 0.25) is 0 Å². The topological polar surface area (TPSA) is 54.1 Å². The number of rotatable bonds is 10. The van der Waals surface area contributed by atoms with Gasteiger partial charge < -0.3 is 9.80 Å². The number of aryl methyl sites for hydroxylation is 4. The fraction of sp³-hybridized carbons (Fsp3) is 0.0571. The minimum absolute atomic E-state index is 0.632. The van der Waals surface area contributed by atoms with E-state index in [1.807, 2.05) is 24.3 Å². The van der Waals surface area contributed by atoms with E-state index in [0.717, 1.165) is 89.4 Å². The predicted octanol–water partition coefficient (Wildman–Crippen LogP) is 19.2. The minimum atomic E-state index is 0.632. The lowest BCUT2D eigenvalue weighted by molar-refractivity contribution is 1.23. The van der Waals surface area contributed by atoms with Gasteiger partial charge in [-0.25, -0.2) is 0 Å². The van der Waals surface area contributed by atoms with Gasteiger partial charge in [0.05, 0.1) is 46.0 Å². The summed E-state index contributed by atoms with van der Waals surface area (Å²) in [5, 5.41) is 26.5. The molecule has 0 atom stereocenters. The number of anilines is 6. The van der Waals surface area contributed by atoms with Crippen LogP contribution in [-0.4, -0.2) is 0 Å². The lowest BCUT2D eigenvalue weighted by Crippen LogP contribution is -2.14. The average Bonchev–Trinajstić information content (AvgIpc) is 3.46. The summed E-state index contributed by atoms with van der Waals surface area (Å²) < 4.78 is 0. The Morgan fingerprint density at radius 3 is 0.959 bits per heavy atom. The van der Waals surface area contributed by atoms with Crippen LogP contribution in [-0.2, 0) is 0 Å². The van der Waals surface area contributed by atoms with E-state index in [1.54, 1.807) is 0 Å². The van der Waals surface area contributed by atoms with Gasteiger partial charge in [-0.15, -0.1) is 0 Å². The van der Waals surface area contributed by atoms with Gasteiger partial charge >= 0.3 is 0 Å². The van der Waals surface area contributed by atoms with Gasteiger partial charge in [0.15, 0.2) is 0 Å². The number of hydrogen-bond donors (Lipinski definition) is 0. The molecular weight excluding hydrogens is 897 g/mol. The van der Waals surface area contributed by atoms with Crippen molar-refractivity contribution in [2.75, 3.05) is 9.80 Å². The van der Waals surface area contributed by atoms with Crippen LogP contribution in [0.15, 0.2) is 231 Å². The van der Waals surface area contributed by atoms with Crippen LogP contribution in [0.3, 0.4) is 0 Å². The summed E-state index contributed by atoms with van der Waals surface area (Å²) in [6, 6.07) is 86.9. The van der Waals surface area contributed by atoms with E-state index in [9.17, 15) is 10.5 Å². The van der Waals surface area contributed by atoms with Crippen LogP contribution in [0.4, 0.5) is 34.1 Å². The maximum absolute atomic E-state index is 9.72. The number of nitrogens with zero attached hydrogens (tertiary/aromatic N) is 4. The van der Waals surface area contributed by atoms with Crippen LogP contribution < -0.4 is 9.80 Å². The van der Waals surface area contributed by atoms with Crippen molar-refractivity contribution >= 4 is 66.4 Å². The highest BCUT2D eigenvalue weighted by Gasteiger charge is 2.26. The Bertz CT molecular complexity index is 3870. The number of para-hydroxylation sites is 2. The molecule has 12 aromatic carbocycles. The summed E-state index contributed by atoms with van der Waals surface area (Å²) in [6.45, 7) is 8.84. The molecule has 0 aliphatic carbocycles. The van der Waals surface area contributed by atoms with Crippen LogP contribution >= 0.6 is 0 Å². The molecule has 12 aromatic rings. The first-order chi connectivity index (χ1) is 36.2. The molecule has 0 bridgehead atoms. The Kier molecular flexibility index (Phi) is 11.5. The fourth-order valence-corrected chi connectivity index (χ4v) is 11.1. The summed E-state index contributed by atoms with van der Waals surface area (Å²) in [7, 11) is 0. The van der Waals surface area contributed by atoms with Crippen LogP contribution in [0.5, 0.6) is 0 Å². The molecule has 0 aliphatic rings. The molecule has 0 saturated heterocycles. The smallest absolute Gasteiger partial charge is 0.0991 e. The molecule has 12 rings (SSSR count). The zero-order valence-electron chi connectivity index (χ0n) is 41.7. The van der Waals surface area contributed by atoms with E-state index < -0.39 is 0 Å². The fourth-order valence-electron chi connectivity index (χ4n) is 11.1. The summed E-state index contributed by atoms with van der Waals surface area (Å²) in [5.74, 6) is 0. The lowest BCUT2D eigenvalue weighted by atomic mass is 9.90. The molecule has 350 valence electrons. The van der Waals surface area contributed by atoms with Gasteiger partial charge in [0.25, 0.3) is 0 Å². The molecule has 0 amide bonds. The predicted molar refractivity (Wildman–Crippen MR) is 310 cm³/mol. The quantitative estimate of drug-likeness (QED) is 0.128. The Labute approximate surface area is 432 Å². The molecule has 0 fully saturated rings. The molecule has 0 aliphatic heterocycles. The molecule has 74 heavy (non-hydrogen) atoms. The van der Waals surface area contributed by atoms with Gasteiger partial charge in [0.1, 0.15) is 0 Å². The molecule has 0 N–H and O–H groups in total. The van der Waals surface area contributed by atoms with Crippen molar-refractivity contribution in [2.24, 2.45) is 0 Å². The van der Waals surface area contributed by atoms with Gasteiger partial charge in [-0.3, -0.25) is 0 Å². The average molecular weight is 947 g/mol. The van der Waals surface area contributed by atoms with Gasteiger partial charge in [-0.1, -0.05) is 158 Å². The van der Waals surface area contributed by atoms with Gasteiger partial charge in [0, 0.05) is 22.1 Å². The van der Waals surface area contributed by atoms with E-state index >= 15 is 0 Å². The zero-order chi connectivity index (χ0) is 50.5. The first kappa shape index (κ1) is 45.4. The number of benzene rings is 12. The summed E-state index contributed by atoms with van der Waals surface area (Å²) in [4.78, 5) is 4.94. The van der Waals surface area contributed by atoms with Crippen molar-refractivity contribution < 1.29 is 0 Å². The Balaban J connectivity index is 1.12. The summed E-state index contributed by atoms with van der Waals surface area (Å²) in [5.41, 5.74) is 21.1. The second-order valence-corrected chi connectivity index (χ2v) is 19.4. The maximum atomic E-state index is 9.72. The first-order valence-electron chi connectivity index (χ1n) is 25.1. The van der Waals surface area contributed by atoms with Crippen LogP contribution in [0, 0.1) is 50.4 Å². The summed E-state index contributed by atoms with van der Waals surface area (Å²) >= 11 is 0. The molecular formula is C70H50N4. The Morgan fingerprint density at radius 2 is 0.622 bits per heavy atom. The third kappa shape index (κ3) is 8.06. The summed E-state index contributed by atoms with van der Waals surface area (Å²) in [6.07, 6.45) is 0. The Hall–Kier alpha value is -9.74. The standard InChI is InChI=1S/C70H50N4/c1-45-13-11-14-46(2)69(45)73(61-39-57(51-17-7-5-8-18-51)37-59(41-61)53-25-21-49(43-71)22-26-53)65-35-31-55-30-34-64-66(36-32-56-29-33-63(65)67(55)68(56)64)74(70-47(3)15-12-16-48(70)4)62-40-58(52-19-9-6-10-20-52)38-60(42-62)54-27-23-50(44-72)24-28-54/h5-42H,1-4H3. The second-order valence-electron chi connectivity index (χ2n) is 19.4. The van der Waals surface area contributed by atoms with Crippen molar-refractivity contribution in [1.29, 1.82) is 10.5 Å². The molecule has 0 unspecified atom stereocenters. The third-order valence-electron chi connectivity index (χ3n) is 14.7. The lowest BCUT2D eigenvalue weighted by Gasteiger charge is -2.32. The molecule has 0 aromatic heterocycles. The van der Waals surface area contributed by atoms with E-state index in [1.165, 1.54) is 43.8 Å². The minimum Gasteiger partial charge on any atom is -0.309 e. The monoisotopic (exact) mass is 946 g/mol. The van der Waals surface area contributed by atoms with E-state index in [0.29, 0.717) is 11.1 Å². The van der Waals surface area contributed by atoms with Gasteiger partial charge in [-0.2, -0.15) is 10.5 Å². The van der Waals surface area contributed by atoms with Crippen molar-refractivity contribution in [1.82, 2.24) is 0 Å². The molecule has 0 radical (unpaired) electrons. The van der Waals surface area contributed by atoms with Crippen LogP contribution in [0.25, 0.3) is 76.8 Å². The SMILES string of the molecule is Cc1cccc(C)c1N(c1cc(-c2ccccc2)cc(-c2ccc(C#N)cc2)c1)c1ccc2ccc3c(N(c4cc(-c5ccccc5)cc(-c5ccc(C#N)cc5)c4)c4c(C)cccc4C)ccc4ccc1c2c43. The van der Waals surface area contributed by atoms with E-state index in [-0.39, 0.29) is 0 Å². The highest BCUT2D eigenvalue weighted by Crippen LogP contribution is 2.51. The molecule has 0 spiro atoms. The highest BCUT2D eigenvalue weighted by molar-refractivity contribution is 6.28. The number of hydrogen-bond acceptors (Lipinski definition) is 4. The second kappa shape index (κ2) is 18.8. The first-order valence-corrected chi connectivity index (χ1v) is 25.1. The normalized spacial score (nSPS) is 11.2. The van der Waals surface area contributed by atoms with Crippen LogP contribution in [0.2, 0.25) is 0 Å².